The van der Waals surface area contributed by atoms with E-state index in [4.69, 9.17) is 0 Å². The number of thioether (sulfide) groups is 1. The van der Waals surface area contributed by atoms with Crippen LogP contribution in [0.25, 0.3) is 0 Å². The summed E-state index contributed by atoms with van der Waals surface area (Å²) in [6, 6.07) is 9.04. The van der Waals surface area contributed by atoms with Gasteiger partial charge in [-0.15, -0.1) is 0 Å². The van der Waals surface area contributed by atoms with Crippen LogP contribution in [0.3, 0.4) is 0 Å². The van der Waals surface area contributed by atoms with Crippen molar-refractivity contribution in [2.24, 2.45) is 5.92 Å². The molecule has 0 saturated carbocycles. The molecule has 1 atom stereocenters. The zero-order chi connectivity index (χ0) is 13.4. The molecule has 1 aromatic rings. The Morgan fingerprint density at radius 1 is 1.06 bits per heavy atom. The van der Waals surface area contributed by atoms with Crippen LogP contribution in [-0.4, -0.2) is 18.1 Å². The monoisotopic (exact) mass is 265 g/mol. The molecule has 102 valence electrons. The van der Waals surface area contributed by atoms with Gasteiger partial charge >= 0.3 is 0 Å². The number of benzene rings is 1. The van der Waals surface area contributed by atoms with Gasteiger partial charge in [-0.2, -0.15) is 11.8 Å². The number of hydrogen-bond donors (Lipinski definition) is 1. The molecule has 0 saturated heterocycles. The zero-order valence-electron chi connectivity index (χ0n) is 12.2. The highest BCUT2D eigenvalue weighted by Gasteiger charge is 2.00. The number of rotatable bonds is 8. The molecule has 1 N–H and O–H groups in total. The van der Waals surface area contributed by atoms with Crippen LogP contribution in [0.1, 0.15) is 38.3 Å². The van der Waals surface area contributed by atoms with Crippen LogP contribution in [0.15, 0.2) is 24.3 Å². The van der Waals surface area contributed by atoms with Gasteiger partial charge in [0.1, 0.15) is 0 Å². The molecule has 0 radical (unpaired) electrons. The zero-order valence-corrected chi connectivity index (χ0v) is 13.0. The van der Waals surface area contributed by atoms with Crippen LogP contribution in [0, 0.1) is 5.92 Å². The molecule has 2 heteroatoms. The molecule has 1 nitrogen and oxygen atoms in total. The van der Waals surface area contributed by atoms with Crippen molar-refractivity contribution in [3.63, 3.8) is 0 Å². The second kappa shape index (κ2) is 8.60. The Bertz CT molecular complexity index is 318. The molecule has 18 heavy (non-hydrogen) atoms. The van der Waals surface area contributed by atoms with Crippen LogP contribution in [-0.2, 0) is 13.0 Å². The molecule has 0 bridgehead atoms. The third-order valence-corrected chi connectivity index (χ3v) is 4.17. The van der Waals surface area contributed by atoms with Crippen molar-refractivity contribution in [3.05, 3.63) is 35.4 Å². The van der Waals surface area contributed by atoms with E-state index in [0.717, 1.165) is 24.3 Å². The summed E-state index contributed by atoms with van der Waals surface area (Å²) in [5.74, 6) is 0.738. The standard InChI is InChI=1S/C16H27NS/c1-13(2)11-15-5-7-16(8-6-15)12-17-10-9-14(3)18-4/h5-8,13-14,17H,9-12H2,1-4H3. The van der Waals surface area contributed by atoms with Crippen LogP contribution in [0.4, 0.5) is 0 Å². The molecular weight excluding hydrogens is 238 g/mol. The van der Waals surface area contributed by atoms with Gasteiger partial charge in [-0.1, -0.05) is 45.0 Å². The average molecular weight is 265 g/mol. The fourth-order valence-corrected chi connectivity index (χ4v) is 2.27. The Morgan fingerprint density at radius 3 is 2.22 bits per heavy atom. The van der Waals surface area contributed by atoms with Crippen molar-refractivity contribution in [3.8, 4) is 0 Å². The van der Waals surface area contributed by atoms with Crippen molar-refractivity contribution in [2.45, 2.75) is 45.4 Å². The van der Waals surface area contributed by atoms with Gasteiger partial charge in [-0.3, -0.25) is 0 Å². The van der Waals surface area contributed by atoms with E-state index in [1.54, 1.807) is 0 Å². The molecule has 0 aliphatic heterocycles. The third kappa shape index (κ3) is 6.46. The van der Waals surface area contributed by atoms with Gasteiger partial charge in [-0.05, 0) is 42.7 Å². The van der Waals surface area contributed by atoms with Crippen LogP contribution < -0.4 is 5.32 Å². The van der Waals surface area contributed by atoms with Crippen LogP contribution in [0.2, 0.25) is 0 Å². The summed E-state index contributed by atoms with van der Waals surface area (Å²) in [5.41, 5.74) is 2.84. The molecule has 0 aliphatic rings. The maximum absolute atomic E-state index is 3.51. The van der Waals surface area contributed by atoms with Crippen molar-refractivity contribution >= 4 is 11.8 Å². The van der Waals surface area contributed by atoms with E-state index in [2.05, 4.69) is 56.6 Å². The molecule has 0 fully saturated rings. The predicted octanol–water partition coefficient (Wildman–Crippen LogP) is 4.12. The number of nitrogens with one attached hydrogen (secondary N) is 1. The van der Waals surface area contributed by atoms with Crippen LogP contribution in [0.5, 0.6) is 0 Å². The number of hydrogen-bond acceptors (Lipinski definition) is 2. The highest BCUT2D eigenvalue weighted by atomic mass is 32.2. The molecular formula is C16H27NS. The topological polar surface area (TPSA) is 12.0 Å². The predicted molar refractivity (Wildman–Crippen MR) is 84.3 cm³/mol. The Labute approximate surface area is 117 Å². The second-order valence-corrected chi connectivity index (χ2v) is 6.70. The molecule has 0 aromatic heterocycles. The molecule has 0 heterocycles. The lowest BCUT2D eigenvalue weighted by molar-refractivity contribution is 0.642. The quantitative estimate of drug-likeness (QED) is 0.710. The first-order valence-corrected chi connectivity index (χ1v) is 8.22. The summed E-state index contributed by atoms with van der Waals surface area (Å²) in [7, 11) is 0. The summed E-state index contributed by atoms with van der Waals surface area (Å²) in [6.07, 6.45) is 4.60. The summed E-state index contributed by atoms with van der Waals surface area (Å²) < 4.78 is 0. The van der Waals surface area contributed by atoms with E-state index >= 15 is 0 Å². The van der Waals surface area contributed by atoms with Gasteiger partial charge < -0.3 is 5.32 Å². The lowest BCUT2D eigenvalue weighted by atomic mass is 10.0. The van der Waals surface area contributed by atoms with Gasteiger partial charge in [0.05, 0.1) is 0 Å². The van der Waals surface area contributed by atoms with E-state index in [0.29, 0.717) is 0 Å². The van der Waals surface area contributed by atoms with Gasteiger partial charge in [0.25, 0.3) is 0 Å². The van der Waals surface area contributed by atoms with Gasteiger partial charge in [-0.25, -0.2) is 0 Å². The summed E-state index contributed by atoms with van der Waals surface area (Å²) >= 11 is 1.94. The Hall–Kier alpha value is -0.470. The lowest BCUT2D eigenvalue weighted by Gasteiger charge is -2.10. The third-order valence-electron chi connectivity index (χ3n) is 3.13. The van der Waals surface area contributed by atoms with E-state index in [1.807, 2.05) is 11.8 Å². The van der Waals surface area contributed by atoms with Crippen molar-refractivity contribution in [2.75, 3.05) is 12.8 Å². The van der Waals surface area contributed by atoms with Gasteiger partial charge in [0.2, 0.25) is 0 Å². The summed E-state index contributed by atoms with van der Waals surface area (Å²) in [6.45, 7) is 8.91. The molecule has 0 amide bonds. The SMILES string of the molecule is CSC(C)CCNCc1ccc(CC(C)C)cc1. The van der Waals surface area contributed by atoms with E-state index in [9.17, 15) is 0 Å². The summed E-state index contributed by atoms with van der Waals surface area (Å²) in [5, 5.41) is 4.27. The van der Waals surface area contributed by atoms with Gasteiger partial charge in [0, 0.05) is 11.8 Å². The van der Waals surface area contributed by atoms with Crippen molar-refractivity contribution in [1.29, 1.82) is 0 Å². The molecule has 1 unspecified atom stereocenters. The first-order chi connectivity index (χ1) is 8.61. The maximum Gasteiger partial charge on any atom is 0.0205 e. The van der Waals surface area contributed by atoms with Crippen molar-refractivity contribution < 1.29 is 0 Å². The normalized spacial score (nSPS) is 12.9. The summed E-state index contributed by atoms with van der Waals surface area (Å²) in [4.78, 5) is 0. The van der Waals surface area contributed by atoms with Gasteiger partial charge in [0.15, 0.2) is 0 Å². The highest BCUT2D eigenvalue weighted by molar-refractivity contribution is 7.99. The fourth-order valence-electron chi connectivity index (χ4n) is 1.92. The highest BCUT2D eigenvalue weighted by Crippen LogP contribution is 2.10. The first-order valence-electron chi connectivity index (χ1n) is 6.93. The second-order valence-electron chi connectivity index (χ2n) is 5.43. The lowest BCUT2D eigenvalue weighted by Crippen LogP contribution is -2.17. The smallest absolute Gasteiger partial charge is 0.0205 e. The average Bonchev–Trinajstić information content (AvgIpc) is 2.35. The van der Waals surface area contributed by atoms with E-state index in [-0.39, 0.29) is 0 Å². The van der Waals surface area contributed by atoms with E-state index in [1.165, 1.54) is 24.0 Å². The molecule has 0 aliphatic carbocycles. The van der Waals surface area contributed by atoms with E-state index < -0.39 is 0 Å². The molecule has 0 spiro atoms. The van der Waals surface area contributed by atoms with Crippen LogP contribution >= 0.6 is 11.8 Å². The Balaban J connectivity index is 2.26. The Kier molecular flexibility index (Phi) is 7.45. The maximum atomic E-state index is 3.51. The largest absolute Gasteiger partial charge is 0.313 e. The minimum Gasteiger partial charge on any atom is -0.313 e. The minimum atomic E-state index is 0.738. The first kappa shape index (κ1) is 15.6. The fraction of sp³-hybridized carbons (Fsp3) is 0.625. The van der Waals surface area contributed by atoms with Crippen molar-refractivity contribution in [1.82, 2.24) is 5.32 Å². The molecule has 1 aromatic carbocycles. The molecule has 1 rings (SSSR count). The Morgan fingerprint density at radius 2 is 1.67 bits per heavy atom. The minimum absolute atomic E-state index is 0.738.